The van der Waals surface area contributed by atoms with Crippen LogP contribution in [0.15, 0.2) is 48.5 Å². The Kier molecular flexibility index (Phi) is 11.0. The molecule has 0 aliphatic heterocycles. The minimum atomic E-state index is -0.455. The molecule has 1 N–H and O–H groups in total. The fourth-order valence-corrected chi connectivity index (χ4v) is 4.76. The lowest BCUT2D eigenvalue weighted by molar-refractivity contribution is 0.0488. The monoisotopic (exact) mass is 567 g/mol. The zero-order valence-electron chi connectivity index (χ0n) is 25.2. The standard InChI is InChI=1S/C35H41N3O4/c1-5-9-18-40-33-28(8-4)32(38-34(41-19-10-6-2)31(33)35(39)42-20-11-7-3)26-16-17-29-27(21-26)22-30(37-29)25-14-12-24(23-36)13-15-25/h12-17,21-22,37H,5-11,18-20H2,1-4H3. The van der Waals surface area contributed by atoms with E-state index >= 15 is 0 Å². The third-order valence-electron chi connectivity index (χ3n) is 7.20. The summed E-state index contributed by atoms with van der Waals surface area (Å²) in [7, 11) is 0. The van der Waals surface area contributed by atoms with Gasteiger partial charge in [-0.25, -0.2) is 9.78 Å². The summed E-state index contributed by atoms with van der Waals surface area (Å²) >= 11 is 0. The van der Waals surface area contributed by atoms with E-state index in [0.717, 1.165) is 77.5 Å². The molecule has 7 nitrogen and oxygen atoms in total. The van der Waals surface area contributed by atoms with Crippen LogP contribution in [-0.4, -0.2) is 35.8 Å². The van der Waals surface area contributed by atoms with Crippen molar-refractivity contribution in [3.05, 3.63) is 65.2 Å². The van der Waals surface area contributed by atoms with Crippen molar-refractivity contribution in [2.75, 3.05) is 19.8 Å². The minimum Gasteiger partial charge on any atom is -0.492 e. The molecule has 0 radical (unpaired) electrons. The van der Waals surface area contributed by atoms with Gasteiger partial charge in [-0.1, -0.05) is 65.2 Å². The first-order valence-electron chi connectivity index (χ1n) is 15.2. The highest BCUT2D eigenvalue weighted by Crippen LogP contribution is 2.40. The molecule has 0 bridgehead atoms. The lowest BCUT2D eigenvalue weighted by Gasteiger charge is -2.21. The minimum absolute atomic E-state index is 0.260. The number of pyridine rings is 1. The number of carbonyl (C=O) groups is 1. The summed E-state index contributed by atoms with van der Waals surface area (Å²) in [6, 6.07) is 18.0. The first-order chi connectivity index (χ1) is 20.5. The second-order valence-corrected chi connectivity index (χ2v) is 10.4. The van der Waals surface area contributed by atoms with Gasteiger partial charge in [0.15, 0.2) is 5.56 Å². The quantitative estimate of drug-likeness (QED) is 0.114. The Labute approximate surface area is 248 Å². The lowest BCUT2D eigenvalue weighted by Crippen LogP contribution is -2.16. The summed E-state index contributed by atoms with van der Waals surface area (Å²) in [5.74, 6) is 0.316. The molecule has 0 saturated carbocycles. The number of nitrogens with zero attached hydrogens (tertiary/aromatic N) is 2. The van der Waals surface area contributed by atoms with Crippen LogP contribution < -0.4 is 9.47 Å². The number of nitrogens with one attached hydrogen (secondary N) is 1. The number of rotatable bonds is 15. The van der Waals surface area contributed by atoms with Crippen molar-refractivity contribution in [3.8, 4) is 40.2 Å². The van der Waals surface area contributed by atoms with Gasteiger partial charge in [-0.05, 0) is 61.6 Å². The predicted molar refractivity (Wildman–Crippen MR) is 167 cm³/mol. The molecule has 0 atom stereocenters. The van der Waals surface area contributed by atoms with Crippen LogP contribution in [0.25, 0.3) is 33.4 Å². The number of unbranched alkanes of at least 4 members (excludes halogenated alkanes) is 3. The highest BCUT2D eigenvalue weighted by atomic mass is 16.5. The summed E-state index contributed by atoms with van der Waals surface area (Å²) < 4.78 is 18.2. The van der Waals surface area contributed by atoms with E-state index in [9.17, 15) is 4.79 Å². The molecular weight excluding hydrogens is 526 g/mol. The van der Waals surface area contributed by atoms with Crippen LogP contribution in [0.5, 0.6) is 11.6 Å². The molecule has 220 valence electrons. The maximum atomic E-state index is 13.5. The average Bonchev–Trinajstić information content (AvgIpc) is 3.44. The van der Waals surface area contributed by atoms with Gasteiger partial charge in [0.2, 0.25) is 5.88 Å². The van der Waals surface area contributed by atoms with Gasteiger partial charge in [0.1, 0.15) is 5.75 Å². The van der Waals surface area contributed by atoms with Gasteiger partial charge in [-0.3, -0.25) is 0 Å². The molecule has 2 heterocycles. The van der Waals surface area contributed by atoms with Crippen molar-refractivity contribution in [1.82, 2.24) is 9.97 Å². The number of benzene rings is 2. The number of ether oxygens (including phenoxy) is 3. The Morgan fingerprint density at radius 3 is 2.19 bits per heavy atom. The first kappa shape index (κ1) is 30.6. The molecule has 4 aromatic rings. The number of nitriles is 1. The van der Waals surface area contributed by atoms with Crippen molar-refractivity contribution in [2.24, 2.45) is 0 Å². The van der Waals surface area contributed by atoms with Gasteiger partial charge < -0.3 is 19.2 Å². The van der Waals surface area contributed by atoms with E-state index in [2.05, 4.69) is 50.9 Å². The molecule has 2 aromatic carbocycles. The maximum Gasteiger partial charge on any atom is 0.347 e. The Hall–Kier alpha value is -4.31. The van der Waals surface area contributed by atoms with Gasteiger partial charge in [-0.2, -0.15) is 5.26 Å². The molecule has 0 saturated heterocycles. The fraction of sp³-hybridized carbons (Fsp3) is 0.400. The van der Waals surface area contributed by atoms with Crippen LogP contribution in [0, 0.1) is 11.3 Å². The van der Waals surface area contributed by atoms with Crippen LogP contribution >= 0.6 is 0 Å². The first-order valence-corrected chi connectivity index (χ1v) is 15.2. The van der Waals surface area contributed by atoms with Crippen molar-refractivity contribution >= 4 is 16.9 Å². The second kappa shape index (κ2) is 15.1. The van der Waals surface area contributed by atoms with E-state index in [-0.39, 0.29) is 11.4 Å². The second-order valence-electron chi connectivity index (χ2n) is 10.4. The number of hydrogen-bond acceptors (Lipinski definition) is 6. The van der Waals surface area contributed by atoms with Crippen LogP contribution in [-0.2, 0) is 11.2 Å². The van der Waals surface area contributed by atoms with Crippen LogP contribution in [0.2, 0.25) is 0 Å². The van der Waals surface area contributed by atoms with Gasteiger partial charge in [0.25, 0.3) is 0 Å². The Morgan fingerprint density at radius 2 is 1.52 bits per heavy atom. The number of aromatic nitrogens is 2. The highest BCUT2D eigenvalue weighted by Gasteiger charge is 2.28. The van der Waals surface area contributed by atoms with Gasteiger partial charge >= 0.3 is 5.97 Å². The number of esters is 1. The molecule has 4 rings (SSSR count). The third kappa shape index (κ3) is 7.12. The van der Waals surface area contributed by atoms with Crippen molar-refractivity contribution < 1.29 is 19.0 Å². The molecule has 0 aliphatic rings. The van der Waals surface area contributed by atoms with Crippen molar-refractivity contribution in [1.29, 1.82) is 5.26 Å². The third-order valence-corrected chi connectivity index (χ3v) is 7.20. The fourth-order valence-electron chi connectivity index (χ4n) is 4.76. The molecule has 0 fully saturated rings. The maximum absolute atomic E-state index is 13.5. The summed E-state index contributed by atoms with van der Waals surface area (Å²) in [5, 5.41) is 10.2. The van der Waals surface area contributed by atoms with Crippen LogP contribution in [0.1, 0.15) is 87.7 Å². The van der Waals surface area contributed by atoms with Crippen molar-refractivity contribution in [2.45, 2.75) is 72.6 Å². The van der Waals surface area contributed by atoms with E-state index in [1.54, 1.807) is 0 Å². The van der Waals surface area contributed by atoms with E-state index in [1.165, 1.54) is 0 Å². The van der Waals surface area contributed by atoms with Gasteiger partial charge in [0, 0.05) is 27.7 Å². The Bertz CT molecular complexity index is 1530. The summed E-state index contributed by atoms with van der Waals surface area (Å²) in [6.45, 7) is 9.60. The summed E-state index contributed by atoms with van der Waals surface area (Å²) in [5.41, 5.74) is 6.38. The van der Waals surface area contributed by atoms with E-state index in [4.69, 9.17) is 24.5 Å². The smallest absolute Gasteiger partial charge is 0.347 e. The zero-order valence-corrected chi connectivity index (χ0v) is 25.2. The Balaban J connectivity index is 1.83. The number of aromatic amines is 1. The molecule has 2 aromatic heterocycles. The zero-order chi connectivity index (χ0) is 29.9. The Morgan fingerprint density at radius 1 is 0.857 bits per heavy atom. The normalized spacial score (nSPS) is 10.9. The molecule has 0 aliphatic carbocycles. The number of hydrogen-bond donors (Lipinski definition) is 1. The topological polar surface area (TPSA) is 97.2 Å². The highest BCUT2D eigenvalue weighted by molar-refractivity contribution is 5.97. The van der Waals surface area contributed by atoms with Crippen LogP contribution in [0.4, 0.5) is 0 Å². The molecule has 7 heteroatoms. The number of H-pyrrole nitrogens is 1. The molecule has 0 unspecified atom stereocenters. The summed E-state index contributed by atoms with van der Waals surface area (Å²) in [4.78, 5) is 21.9. The van der Waals surface area contributed by atoms with Gasteiger partial charge in [0.05, 0.1) is 37.1 Å². The van der Waals surface area contributed by atoms with Crippen LogP contribution in [0.3, 0.4) is 0 Å². The number of carbonyl (C=O) groups excluding carboxylic acids is 1. The molecule has 0 amide bonds. The molecular formula is C35H41N3O4. The predicted octanol–water partition coefficient (Wildman–Crippen LogP) is 8.65. The van der Waals surface area contributed by atoms with Gasteiger partial charge in [-0.15, -0.1) is 0 Å². The SMILES string of the molecule is CCCCOC(=O)c1c(OCCCC)nc(-c2ccc3[nH]c(-c4ccc(C#N)cc4)cc3c2)c(CC)c1OCCCC. The van der Waals surface area contributed by atoms with Crippen molar-refractivity contribution in [3.63, 3.8) is 0 Å². The van der Waals surface area contributed by atoms with E-state index < -0.39 is 5.97 Å². The molecule has 0 spiro atoms. The largest absolute Gasteiger partial charge is 0.492 e. The van der Waals surface area contributed by atoms with E-state index in [0.29, 0.717) is 37.6 Å². The molecule has 42 heavy (non-hydrogen) atoms. The van der Waals surface area contributed by atoms with E-state index in [1.807, 2.05) is 36.4 Å². The average molecular weight is 568 g/mol. The lowest BCUT2D eigenvalue weighted by atomic mass is 9.99. The number of fused-ring (bicyclic) bond motifs is 1. The summed E-state index contributed by atoms with van der Waals surface area (Å²) in [6.07, 6.45) is 5.98.